The molecule has 0 saturated carbocycles. The van der Waals surface area contributed by atoms with E-state index >= 15 is 0 Å². The lowest BCUT2D eigenvalue weighted by molar-refractivity contribution is 0.215. The summed E-state index contributed by atoms with van der Waals surface area (Å²) in [5, 5.41) is 1.93. The fraction of sp³-hybridized carbons (Fsp3) is 0.625. The van der Waals surface area contributed by atoms with Crippen LogP contribution in [0, 0.1) is 0 Å². The summed E-state index contributed by atoms with van der Waals surface area (Å²) < 4.78 is 4.54. The van der Waals surface area contributed by atoms with Crippen LogP contribution in [0.1, 0.15) is 20.8 Å². The first-order valence-electron chi connectivity index (χ1n) is 3.73. The Morgan fingerprint density at radius 1 is 1.45 bits per heavy atom. The molecular weight excluding hydrogens is 158 g/mol. The molecule has 0 amide bonds. The van der Waals surface area contributed by atoms with Gasteiger partial charge in [0.25, 0.3) is 0 Å². The minimum absolute atomic E-state index is 0.819. The Labute approximate surface area is 73.2 Å². The molecule has 0 atom stereocenters. The van der Waals surface area contributed by atoms with Gasteiger partial charge >= 0.3 is 0 Å². The van der Waals surface area contributed by atoms with Crippen LogP contribution < -0.4 is 0 Å². The third kappa shape index (κ3) is 17.7. The maximum atomic E-state index is 4.54. The number of methoxy groups -OCH3 is 1. The lowest BCUT2D eigenvalue weighted by Crippen LogP contribution is -1.73. The number of rotatable bonds is 1. The van der Waals surface area contributed by atoms with Gasteiger partial charge in [-0.2, -0.15) is 0 Å². The first kappa shape index (κ1) is 13.2. The van der Waals surface area contributed by atoms with E-state index in [0.29, 0.717) is 0 Å². The normalized spacial score (nSPS) is 6.91. The molecule has 0 aromatic carbocycles. The van der Waals surface area contributed by atoms with Gasteiger partial charge in [0.15, 0.2) is 0 Å². The molecule has 66 valence electrons. The monoisotopic (exact) mass is 175 g/mol. The number of aromatic nitrogens is 1. The molecule has 0 saturated heterocycles. The van der Waals surface area contributed by atoms with E-state index in [2.05, 4.69) is 9.72 Å². The zero-order valence-electron chi connectivity index (χ0n) is 7.70. The Hall–Kier alpha value is -0.410. The third-order valence-corrected chi connectivity index (χ3v) is 1.16. The van der Waals surface area contributed by atoms with E-state index in [9.17, 15) is 0 Å². The van der Waals surface area contributed by atoms with E-state index in [1.54, 1.807) is 30.2 Å². The number of thiazole rings is 1. The molecule has 0 bridgehead atoms. The largest absolute Gasteiger partial charge is 0.385 e. The van der Waals surface area contributed by atoms with Gasteiger partial charge in [0.2, 0.25) is 0 Å². The van der Waals surface area contributed by atoms with E-state index in [-0.39, 0.29) is 0 Å². The van der Waals surface area contributed by atoms with Gasteiger partial charge in [0.1, 0.15) is 0 Å². The van der Waals surface area contributed by atoms with Crippen LogP contribution in [-0.2, 0) is 4.74 Å². The first-order chi connectivity index (χ1) is 5.41. The van der Waals surface area contributed by atoms with Gasteiger partial charge < -0.3 is 4.74 Å². The van der Waals surface area contributed by atoms with Gasteiger partial charge in [0, 0.05) is 25.3 Å². The van der Waals surface area contributed by atoms with Crippen LogP contribution in [0.5, 0.6) is 0 Å². The van der Waals surface area contributed by atoms with Gasteiger partial charge in [-0.25, -0.2) is 0 Å². The van der Waals surface area contributed by atoms with E-state index in [4.69, 9.17) is 0 Å². The van der Waals surface area contributed by atoms with E-state index in [1.165, 1.54) is 0 Å². The highest BCUT2D eigenvalue weighted by molar-refractivity contribution is 7.07. The number of nitrogens with zero attached hydrogens (tertiary/aromatic N) is 1. The Balaban J connectivity index is 0. The smallest absolute Gasteiger partial charge is 0.0791 e. The van der Waals surface area contributed by atoms with Crippen LogP contribution in [0.25, 0.3) is 0 Å². The predicted molar refractivity (Wildman–Crippen MR) is 51.0 cm³/mol. The zero-order valence-corrected chi connectivity index (χ0v) is 8.52. The molecule has 1 heterocycles. The maximum absolute atomic E-state index is 4.54. The molecule has 3 heteroatoms. The second-order valence-electron chi connectivity index (χ2n) is 1.25. The van der Waals surface area contributed by atoms with E-state index in [0.717, 1.165) is 6.61 Å². The lowest BCUT2D eigenvalue weighted by Gasteiger charge is -1.76. The van der Waals surface area contributed by atoms with Crippen LogP contribution in [0.2, 0.25) is 0 Å². The summed E-state index contributed by atoms with van der Waals surface area (Å²) in [7, 11) is 1.68. The summed E-state index contributed by atoms with van der Waals surface area (Å²) in [4.78, 5) is 3.74. The number of hydrogen-bond acceptors (Lipinski definition) is 3. The quantitative estimate of drug-likeness (QED) is 0.654. The van der Waals surface area contributed by atoms with Gasteiger partial charge in [-0.15, -0.1) is 11.3 Å². The highest BCUT2D eigenvalue weighted by Crippen LogP contribution is 1.85. The highest BCUT2D eigenvalue weighted by Gasteiger charge is 1.59. The fourth-order valence-electron chi connectivity index (χ4n) is 0.176. The van der Waals surface area contributed by atoms with Crippen molar-refractivity contribution in [1.29, 1.82) is 0 Å². The van der Waals surface area contributed by atoms with Crippen molar-refractivity contribution >= 4 is 11.3 Å². The van der Waals surface area contributed by atoms with Crippen molar-refractivity contribution in [3.63, 3.8) is 0 Å². The zero-order chi connectivity index (χ0) is 8.95. The van der Waals surface area contributed by atoms with Crippen LogP contribution in [0.3, 0.4) is 0 Å². The van der Waals surface area contributed by atoms with Crippen molar-refractivity contribution in [2.75, 3.05) is 13.7 Å². The highest BCUT2D eigenvalue weighted by atomic mass is 32.1. The molecule has 0 aliphatic heterocycles. The fourth-order valence-corrected chi connectivity index (χ4v) is 0.527. The Kier molecular flexibility index (Phi) is 19.6. The molecule has 0 aliphatic rings. The molecule has 0 spiro atoms. The van der Waals surface area contributed by atoms with Gasteiger partial charge in [-0.1, -0.05) is 13.8 Å². The van der Waals surface area contributed by atoms with Crippen LogP contribution >= 0.6 is 11.3 Å². The molecule has 0 fully saturated rings. The molecule has 1 aromatic heterocycles. The summed E-state index contributed by atoms with van der Waals surface area (Å²) in [6.07, 6.45) is 1.77. The SMILES string of the molecule is CC.CCOC.c1cscn1. The average molecular weight is 175 g/mol. The molecule has 0 radical (unpaired) electrons. The summed E-state index contributed by atoms with van der Waals surface area (Å²) in [6.45, 7) is 6.78. The number of hydrogen-bond donors (Lipinski definition) is 0. The number of ether oxygens (including phenoxy) is 1. The van der Waals surface area contributed by atoms with Crippen LogP contribution in [0.15, 0.2) is 17.1 Å². The topological polar surface area (TPSA) is 22.1 Å². The van der Waals surface area contributed by atoms with E-state index in [1.807, 2.05) is 26.2 Å². The van der Waals surface area contributed by atoms with E-state index < -0.39 is 0 Å². The molecule has 0 aliphatic carbocycles. The van der Waals surface area contributed by atoms with Gasteiger partial charge in [-0.3, -0.25) is 4.98 Å². The maximum Gasteiger partial charge on any atom is 0.0791 e. The molecule has 0 N–H and O–H groups in total. The average Bonchev–Trinajstić information content (AvgIpc) is 2.65. The molecular formula is C8H17NOS. The second kappa shape index (κ2) is 16.3. The molecule has 1 aromatic rings. The Morgan fingerprint density at radius 3 is 2.09 bits per heavy atom. The second-order valence-corrected chi connectivity index (χ2v) is 2.01. The van der Waals surface area contributed by atoms with Crippen LogP contribution in [-0.4, -0.2) is 18.7 Å². The summed E-state index contributed by atoms with van der Waals surface area (Å²) in [5.41, 5.74) is 1.79. The standard InChI is InChI=1S/C3H3NS.C3H8O.C2H6/c1-2-5-3-4-1;1-3-4-2;1-2/h1-3H;3H2,1-2H3;1-2H3. The minimum Gasteiger partial charge on any atom is -0.385 e. The molecule has 2 nitrogen and oxygen atoms in total. The van der Waals surface area contributed by atoms with Crippen LogP contribution in [0.4, 0.5) is 0 Å². The lowest BCUT2D eigenvalue weighted by atomic mass is 10.9. The summed E-state index contributed by atoms with van der Waals surface area (Å²) in [5.74, 6) is 0. The van der Waals surface area contributed by atoms with Gasteiger partial charge in [-0.05, 0) is 6.92 Å². The van der Waals surface area contributed by atoms with Gasteiger partial charge in [0.05, 0.1) is 5.51 Å². The van der Waals surface area contributed by atoms with Crippen molar-refractivity contribution < 1.29 is 4.74 Å². The van der Waals surface area contributed by atoms with Crippen molar-refractivity contribution in [3.05, 3.63) is 17.1 Å². The third-order valence-electron chi connectivity index (χ3n) is 0.636. The minimum atomic E-state index is 0.819. The Morgan fingerprint density at radius 2 is 2.00 bits per heavy atom. The van der Waals surface area contributed by atoms with Crippen molar-refractivity contribution in [2.45, 2.75) is 20.8 Å². The summed E-state index contributed by atoms with van der Waals surface area (Å²) >= 11 is 1.60. The molecule has 1 rings (SSSR count). The van der Waals surface area contributed by atoms with Crippen molar-refractivity contribution in [3.8, 4) is 0 Å². The predicted octanol–water partition coefficient (Wildman–Crippen LogP) is 2.82. The molecule has 0 unspecified atom stereocenters. The molecule has 11 heavy (non-hydrogen) atoms. The first-order valence-corrected chi connectivity index (χ1v) is 4.67. The van der Waals surface area contributed by atoms with Crippen molar-refractivity contribution in [1.82, 2.24) is 4.98 Å². The Bertz CT molecular complexity index is 89.6. The summed E-state index contributed by atoms with van der Waals surface area (Å²) in [6, 6.07) is 0. The van der Waals surface area contributed by atoms with Crippen molar-refractivity contribution in [2.24, 2.45) is 0 Å².